The molecule has 2 fully saturated rings. The number of fused-ring (bicyclic) bond motifs is 1. The summed E-state index contributed by atoms with van der Waals surface area (Å²) in [5.74, 6) is 0.0938. The molecule has 8 nitrogen and oxygen atoms in total. The van der Waals surface area contributed by atoms with Crippen molar-refractivity contribution in [1.29, 1.82) is 0 Å². The molecule has 0 saturated carbocycles. The second-order valence-corrected chi connectivity index (χ2v) is 11.4. The highest BCUT2D eigenvalue weighted by atomic mass is 16.4. The van der Waals surface area contributed by atoms with E-state index in [1.807, 2.05) is 37.8 Å². The number of carboxylic acid groups (broad SMARTS) is 1. The van der Waals surface area contributed by atoms with Crippen molar-refractivity contribution in [2.75, 3.05) is 31.5 Å². The van der Waals surface area contributed by atoms with E-state index in [-0.39, 0.29) is 28.9 Å². The van der Waals surface area contributed by atoms with Gasteiger partial charge in [-0.15, -0.1) is 0 Å². The van der Waals surface area contributed by atoms with Gasteiger partial charge >= 0.3 is 5.97 Å². The monoisotopic (exact) mass is 545 g/mol. The SMILES string of the molecule is CC(=O)N1CCC(N2CCC(c3oc4c([C@@H](C)Nc5ccccc5C(=O)O)cc(C)cc4c(=O)c3C)CC2)CC1. The van der Waals surface area contributed by atoms with Gasteiger partial charge in [0.15, 0.2) is 5.43 Å². The van der Waals surface area contributed by atoms with E-state index in [1.165, 1.54) is 0 Å². The van der Waals surface area contributed by atoms with E-state index >= 15 is 0 Å². The van der Waals surface area contributed by atoms with Gasteiger partial charge in [0.2, 0.25) is 5.91 Å². The minimum atomic E-state index is -0.996. The van der Waals surface area contributed by atoms with Gasteiger partial charge in [-0.2, -0.15) is 0 Å². The molecule has 1 aromatic heterocycles. The largest absolute Gasteiger partial charge is 0.478 e. The molecule has 2 aliphatic rings. The maximum Gasteiger partial charge on any atom is 0.337 e. The molecule has 1 atom stereocenters. The highest BCUT2D eigenvalue weighted by molar-refractivity contribution is 5.94. The van der Waals surface area contributed by atoms with Crippen LogP contribution in [0.15, 0.2) is 45.6 Å². The second-order valence-electron chi connectivity index (χ2n) is 11.4. The quantitative estimate of drug-likeness (QED) is 0.423. The Morgan fingerprint density at radius 1 is 1.02 bits per heavy atom. The van der Waals surface area contributed by atoms with Crippen molar-refractivity contribution < 1.29 is 19.1 Å². The number of nitrogens with zero attached hydrogens (tertiary/aromatic N) is 2. The van der Waals surface area contributed by atoms with Crippen LogP contribution in [0, 0.1) is 13.8 Å². The fraction of sp³-hybridized carbons (Fsp3) is 0.469. The third-order valence-electron chi connectivity index (χ3n) is 8.75. The normalized spacial score (nSPS) is 18.1. The Balaban J connectivity index is 1.40. The smallest absolute Gasteiger partial charge is 0.337 e. The molecule has 2 N–H and O–H groups in total. The zero-order valence-corrected chi connectivity index (χ0v) is 23.8. The molecule has 0 spiro atoms. The van der Waals surface area contributed by atoms with Crippen LogP contribution in [0.1, 0.15) is 84.3 Å². The van der Waals surface area contributed by atoms with E-state index in [4.69, 9.17) is 4.42 Å². The lowest BCUT2D eigenvalue weighted by Crippen LogP contribution is -2.48. The maximum atomic E-state index is 13.6. The fourth-order valence-corrected chi connectivity index (χ4v) is 6.47. The van der Waals surface area contributed by atoms with Crippen LogP contribution in [-0.4, -0.2) is 59.0 Å². The predicted molar refractivity (Wildman–Crippen MR) is 156 cm³/mol. The van der Waals surface area contributed by atoms with Crippen molar-refractivity contribution in [3.8, 4) is 0 Å². The van der Waals surface area contributed by atoms with E-state index in [1.54, 1.807) is 31.2 Å². The number of rotatable bonds is 6. The number of benzene rings is 2. The van der Waals surface area contributed by atoms with Gasteiger partial charge in [-0.25, -0.2) is 4.79 Å². The molecule has 2 saturated heterocycles. The molecule has 2 aromatic carbocycles. The molecule has 8 heteroatoms. The van der Waals surface area contributed by atoms with Crippen LogP contribution in [-0.2, 0) is 4.79 Å². The summed E-state index contributed by atoms with van der Waals surface area (Å²) in [4.78, 5) is 41.6. The first kappa shape index (κ1) is 27.9. The van der Waals surface area contributed by atoms with Crippen molar-refractivity contribution in [3.63, 3.8) is 0 Å². The number of hydrogen-bond donors (Lipinski definition) is 2. The van der Waals surface area contributed by atoms with Crippen LogP contribution in [0.3, 0.4) is 0 Å². The number of carbonyl (C=O) groups excluding carboxylic acids is 1. The Morgan fingerprint density at radius 2 is 1.70 bits per heavy atom. The topological polar surface area (TPSA) is 103 Å². The summed E-state index contributed by atoms with van der Waals surface area (Å²) in [7, 11) is 0. The number of hydrogen-bond acceptors (Lipinski definition) is 6. The molecule has 0 unspecified atom stereocenters. The average molecular weight is 546 g/mol. The Labute approximate surface area is 235 Å². The molecule has 1 amide bonds. The minimum absolute atomic E-state index is 0.00151. The van der Waals surface area contributed by atoms with Gasteiger partial charge in [-0.3, -0.25) is 9.59 Å². The number of carbonyl (C=O) groups is 2. The lowest BCUT2D eigenvalue weighted by molar-refractivity contribution is -0.130. The second kappa shape index (κ2) is 11.5. The van der Waals surface area contributed by atoms with E-state index in [0.29, 0.717) is 28.3 Å². The van der Waals surface area contributed by atoms with E-state index in [0.717, 1.165) is 68.7 Å². The van der Waals surface area contributed by atoms with Crippen LogP contribution >= 0.6 is 0 Å². The molecule has 0 radical (unpaired) electrons. The summed E-state index contributed by atoms with van der Waals surface area (Å²) in [5.41, 5.74) is 3.75. The summed E-state index contributed by atoms with van der Waals surface area (Å²) in [5, 5.41) is 13.5. The number of anilines is 1. The lowest BCUT2D eigenvalue weighted by atomic mass is 9.89. The Morgan fingerprint density at radius 3 is 2.35 bits per heavy atom. The van der Waals surface area contributed by atoms with Gasteiger partial charge in [0.1, 0.15) is 11.3 Å². The number of likely N-dealkylation sites (tertiary alicyclic amines) is 2. The number of aromatic carboxylic acids is 1. The minimum Gasteiger partial charge on any atom is -0.478 e. The van der Waals surface area contributed by atoms with Crippen LogP contribution in [0.2, 0.25) is 0 Å². The molecule has 2 aliphatic heterocycles. The number of nitrogens with one attached hydrogen (secondary N) is 1. The third-order valence-corrected chi connectivity index (χ3v) is 8.75. The molecule has 3 aromatic rings. The molecule has 40 heavy (non-hydrogen) atoms. The number of piperidine rings is 2. The Bertz CT molecular complexity index is 1480. The predicted octanol–water partition coefficient (Wildman–Crippen LogP) is 5.47. The van der Waals surface area contributed by atoms with Crippen molar-refractivity contribution in [3.05, 3.63) is 74.6 Å². The summed E-state index contributed by atoms with van der Waals surface area (Å²) >= 11 is 0. The van der Waals surface area contributed by atoms with Gasteiger partial charge < -0.3 is 24.6 Å². The first-order valence-electron chi connectivity index (χ1n) is 14.3. The van der Waals surface area contributed by atoms with Crippen molar-refractivity contribution in [2.45, 2.75) is 71.4 Å². The first-order valence-corrected chi connectivity index (χ1v) is 14.3. The van der Waals surface area contributed by atoms with Crippen molar-refractivity contribution in [1.82, 2.24) is 9.80 Å². The first-order chi connectivity index (χ1) is 19.1. The highest BCUT2D eigenvalue weighted by Gasteiger charge is 2.31. The molecule has 5 rings (SSSR count). The van der Waals surface area contributed by atoms with Gasteiger partial charge in [-0.1, -0.05) is 18.2 Å². The zero-order valence-electron chi connectivity index (χ0n) is 23.8. The molecule has 212 valence electrons. The number of amides is 1. The molecule has 0 bridgehead atoms. The Kier molecular flexibility index (Phi) is 7.99. The number of aryl methyl sites for hydroxylation is 1. The fourth-order valence-electron chi connectivity index (χ4n) is 6.47. The van der Waals surface area contributed by atoms with Crippen molar-refractivity contribution >= 4 is 28.5 Å². The zero-order chi connectivity index (χ0) is 28.6. The summed E-state index contributed by atoms with van der Waals surface area (Å²) in [6.07, 6.45) is 3.85. The number of carboxylic acids is 1. The average Bonchev–Trinajstić information content (AvgIpc) is 2.95. The van der Waals surface area contributed by atoms with Gasteiger partial charge in [0.25, 0.3) is 0 Å². The molecular weight excluding hydrogens is 506 g/mol. The molecule has 3 heterocycles. The van der Waals surface area contributed by atoms with Crippen LogP contribution in [0.25, 0.3) is 11.0 Å². The molecule has 0 aliphatic carbocycles. The maximum absolute atomic E-state index is 13.6. The van der Waals surface area contributed by atoms with Gasteiger partial charge in [0.05, 0.1) is 17.0 Å². The van der Waals surface area contributed by atoms with Crippen LogP contribution in [0.5, 0.6) is 0 Å². The standard InChI is InChI=1S/C32H39N3O5/c1-19-17-26(21(3)33-28-8-6-5-7-25(28)32(38)39)31-27(18-19)29(37)20(2)30(40-31)23-9-13-35(14-10-23)24-11-15-34(16-12-24)22(4)36/h5-8,17-18,21,23-24,33H,9-16H2,1-4H3,(H,38,39)/t21-/m1/s1. The lowest BCUT2D eigenvalue weighted by Gasteiger charge is -2.41. The summed E-state index contributed by atoms with van der Waals surface area (Å²) in [6.45, 7) is 11.0. The Hall–Kier alpha value is -3.65. The molecular formula is C32H39N3O5. The number of para-hydroxylation sites is 1. The third kappa shape index (κ3) is 5.50. The summed E-state index contributed by atoms with van der Waals surface area (Å²) in [6, 6.07) is 10.9. The van der Waals surface area contributed by atoms with E-state index in [9.17, 15) is 19.5 Å². The highest BCUT2D eigenvalue weighted by Crippen LogP contribution is 2.36. The van der Waals surface area contributed by atoms with Gasteiger partial charge in [0, 0.05) is 48.8 Å². The van der Waals surface area contributed by atoms with E-state index < -0.39 is 5.97 Å². The van der Waals surface area contributed by atoms with Gasteiger partial charge in [-0.05, 0) is 83.3 Å². The summed E-state index contributed by atoms with van der Waals surface area (Å²) < 4.78 is 6.64. The van der Waals surface area contributed by atoms with Crippen molar-refractivity contribution in [2.24, 2.45) is 0 Å². The van der Waals surface area contributed by atoms with Crippen LogP contribution < -0.4 is 10.7 Å². The van der Waals surface area contributed by atoms with E-state index in [2.05, 4.69) is 10.2 Å². The van der Waals surface area contributed by atoms with Crippen LogP contribution in [0.4, 0.5) is 5.69 Å².